The fourth-order valence-corrected chi connectivity index (χ4v) is 2.51. The quantitative estimate of drug-likeness (QED) is 0.555. The molecule has 1 aromatic heterocycles. The molecule has 1 amide bonds. The predicted molar refractivity (Wildman–Crippen MR) is 101 cm³/mol. The van der Waals surface area contributed by atoms with Gasteiger partial charge in [-0.15, -0.1) is 0 Å². The summed E-state index contributed by atoms with van der Waals surface area (Å²) >= 11 is 0. The summed E-state index contributed by atoms with van der Waals surface area (Å²) in [6.07, 6.45) is 7.06. The van der Waals surface area contributed by atoms with Gasteiger partial charge in [0.1, 0.15) is 0 Å². The highest BCUT2D eigenvalue weighted by molar-refractivity contribution is 5.82. The van der Waals surface area contributed by atoms with Gasteiger partial charge in [-0.1, -0.05) is 55.5 Å². The molecule has 0 spiro atoms. The standard InChI is InChI=1S/C20H20N4O/c1-16(14-24-15-21-18-11-5-6-12-19(18)24)20(25)23-22-13-7-10-17-8-3-2-4-9-17/h2-13,15-16H,14H2,1H3,(H,23,25). The molecule has 1 atom stereocenters. The van der Waals surface area contributed by atoms with E-state index in [0.717, 1.165) is 16.6 Å². The molecular formula is C20H20N4O. The van der Waals surface area contributed by atoms with Crippen LogP contribution in [0.25, 0.3) is 17.1 Å². The van der Waals surface area contributed by atoms with E-state index in [9.17, 15) is 4.79 Å². The maximum absolute atomic E-state index is 12.2. The number of para-hydroxylation sites is 2. The third-order valence-electron chi connectivity index (χ3n) is 3.87. The van der Waals surface area contributed by atoms with E-state index in [1.165, 1.54) is 0 Å². The van der Waals surface area contributed by atoms with Crippen LogP contribution < -0.4 is 5.43 Å². The number of hydrogen-bond acceptors (Lipinski definition) is 3. The van der Waals surface area contributed by atoms with Gasteiger partial charge >= 0.3 is 0 Å². The Labute approximate surface area is 146 Å². The largest absolute Gasteiger partial charge is 0.330 e. The minimum Gasteiger partial charge on any atom is -0.330 e. The summed E-state index contributed by atoms with van der Waals surface area (Å²) in [6.45, 7) is 2.43. The third-order valence-corrected chi connectivity index (χ3v) is 3.87. The van der Waals surface area contributed by atoms with Crippen LogP contribution >= 0.6 is 0 Å². The molecule has 126 valence electrons. The van der Waals surface area contributed by atoms with Crippen molar-refractivity contribution in [1.82, 2.24) is 15.0 Å². The second-order valence-corrected chi connectivity index (χ2v) is 5.81. The molecule has 0 fully saturated rings. The van der Waals surface area contributed by atoms with Gasteiger partial charge in [0.15, 0.2) is 0 Å². The van der Waals surface area contributed by atoms with E-state index in [0.29, 0.717) is 6.54 Å². The second kappa shape index (κ2) is 8.06. The molecule has 3 aromatic rings. The summed E-state index contributed by atoms with van der Waals surface area (Å²) in [5.41, 5.74) is 5.61. The van der Waals surface area contributed by atoms with Crippen LogP contribution in [0.15, 0.2) is 72.1 Å². The Bertz CT molecular complexity index is 896. The molecule has 0 radical (unpaired) electrons. The lowest BCUT2D eigenvalue weighted by Gasteiger charge is -2.11. The normalized spacial score (nSPS) is 12.8. The molecule has 0 saturated carbocycles. The van der Waals surface area contributed by atoms with Gasteiger partial charge in [-0.25, -0.2) is 10.4 Å². The van der Waals surface area contributed by atoms with Crippen LogP contribution in [0.3, 0.4) is 0 Å². The Balaban J connectivity index is 1.52. The zero-order valence-electron chi connectivity index (χ0n) is 14.0. The summed E-state index contributed by atoms with van der Waals surface area (Å²) in [5, 5.41) is 3.96. The molecule has 0 aliphatic heterocycles. The van der Waals surface area contributed by atoms with E-state index < -0.39 is 0 Å². The number of nitrogens with zero attached hydrogens (tertiary/aromatic N) is 3. The molecule has 5 heteroatoms. The number of carbonyl (C=O) groups excluding carboxylic acids is 1. The van der Waals surface area contributed by atoms with Crippen LogP contribution in [-0.2, 0) is 11.3 Å². The van der Waals surface area contributed by atoms with Crippen molar-refractivity contribution in [2.45, 2.75) is 13.5 Å². The van der Waals surface area contributed by atoms with Crippen molar-refractivity contribution in [3.05, 3.63) is 72.6 Å². The number of fused-ring (bicyclic) bond motifs is 1. The molecule has 25 heavy (non-hydrogen) atoms. The van der Waals surface area contributed by atoms with Gasteiger partial charge in [-0.2, -0.15) is 5.10 Å². The van der Waals surface area contributed by atoms with E-state index in [4.69, 9.17) is 0 Å². The fraction of sp³-hybridized carbons (Fsp3) is 0.150. The summed E-state index contributed by atoms with van der Waals surface area (Å²) in [7, 11) is 0. The Morgan fingerprint density at radius 1 is 1.20 bits per heavy atom. The molecule has 1 heterocycles. The number of aromatic nitrogens is 2. The zero-order valence-corrected chi connectivity index (χ0v) is 14.0. The lowest BCUT2D eigenvalue weighted by Crippen LogP contribution is -2.27. The fourth-order valence-electron chi connectivity index (χ4n) is 2.51. The number of carbonyl (C=O) groups is 1. The van der Waals surface area contributed by atoms with Crippen LogP contribution in [0.2, 0.25) is 0 Å². The highest BCUT2D eigenvalue weighted by Gasteiger charge is 2.14. The van der Waals surface area contributed by atoms with Gasteiger partial charge in [-0.05, 0) is 23.8 Å². The lowest BCUT2D eigenvalue weighted by molar-refractivity contribution is -0.124. The second-order valence-electron chi connectivity index (χ2n) is 5.81. The van der Waals surface area contributed by atoms with Crippen molar-refractivity contribution < 1.29 is 4.79 Å². The first-order valence-corrected chi connectivity index (χ1v) is 8.18. The molecule has 0 aliphatic rings. The van der Waals surface area contributed by atoms with Crippen LogP contribution in [0.1, 0.15) is 12.5 Å². The van der Waals surface area contributed by atoms with Crippen molar-refractivity contribution in [3.63, 3.8) is 0 Å². The maximum Gasteiger partial charge on any atom is 0.244 e. The van der Waals surface area contributed by atoms with Gasteiger partial charge in [0.05, 0.1) is 23.3 Å². The molecule has 0 aliphatic carbocycles. The molecular weight excluding hydrogens is 312 g/mol. The molecule has 5 nitrogen and oxygen atoms in total. The maximum atomic E-state index is 12.2. The average Bonchev–Trinajstić information content (AvgIpc) is 3.05. The van der Waals surface area contributed by atoms with Crippen LogP contribution in [-0.4, -0.2) is 21.7 Å². The monoisotopic (exact) mass is 332 g/mol. The molecule has 1 N–H and O–H groups in total. The average molecular weight is 332 g/mol. The first-order chi connectivity index (χ1) is 12.2. The van der Waals surface area contributed by atoms with Crippen LogP contribution in [0, 0.1) is 5.92 Å². The molecule has 0 saturated heterocycles. The summed E-state index contributed by atoms with van der Waals surface area (Å²) in [5.74, 6) is -0.338. The minimum atomic E-state index is -0.215. The van der Waals surface area contributed by atoms with E-state index >= 15 is 0 Å². The summed E-state index contributed by atoms with van der Waals surface area (Å²) in [4.78, 5) is 16.5. The third kappa shape index (κ3) is 4.41. The van der Waals surface area contributed by atoms with Crippen molar-refractivity contribution in [2.75, 3.05) is 0 Å². The first-order valence-electron chi connectivity index (χ1n) is 8.18. The van der Waals surface area contributed by atoms with Crippen molar-refractivity contribution in [3.8, 4) is 0 Å². The van der Waals surface area contributed by atoms with Crippen LogP contribution in [0.5, 0.6) is 0 Å². The number of allylic oxidation sites excluding steroid dienone is 1. The lowest BCUT2D eigenvalue weighted by atomic mass is 10.1. The van der Waals surface area contributed by atoms with Crippen LogP contribution in [0.4, 0.5) is 0 Å². The Kier molecular flexibility index (Phi) is 5.36. The molecule has 3 rings (SSSR count). The summed E-state index contributed by atoms with van der Waals surface area (Å²) < 4.78 is 1.98. The van der Waals surface area contributed by atoms with Crippen molar-refractivity contribution >= 4 is 29.2 Å². The highest BCUT2D eigenvalue weighted by atomic mass is 16.2. The minimum absolute atomic E-state index is 0.123. The Hall–Kier alpha value is -3.21. The van der Waals surface area contributed by atoms with Crippen molar-refractivity contribution in [2.24, 2.45) is 11.0 Å². The number of hydrazone groups is 1. The Morgan fingerprint density at radius 2 is 1.96 bits per heavy atom. The predicted octanol–water partition coefficient (Wildman–Crippen LogP) is 3.49. The highest BCUT2D eigenvalue weighted by Crippen LogP contribution is 2.13. The number of rotatable bonds is 6. The van der Waals surface area contributed by atoms with Gasteiger partial charge in [0, 0.05) is 12.8 Å². The van der Waals surface area contributed by atoms with Gasteiger partial charge in [-0.3, -0.25) is 4.79 Å². The number of nitrogens with one attached hydrogen (secondary N) is 1. The number of amides is 1. The van der Waals surface area contributed by atoms with Crippen molar-refractivity contribution in [1.29, 1.82) is 0 Å². The Morgan fingerprint density at radius 3 is 2.80 bits per heavy atom. The number of imidazole rings is 1. The van der Waals surface area contributed by atoms with Gasteiger partial charge < -0.3 is 4.57 Å². The smallest absolute Gasteiger partial charge is 0.244 e. The van der Waals surface area contributed by atoms with Gasteiger partial charge in [0.2, 0.25) is 5.91 Å². The topological polar surface area (TPSA) is 59.3 Å². The zero-order chi connectivity index (χ0) is 17.5. The van der Waals surface area contributed by atoms with E-state index in [1.807, 2.05) is 72.2 Å². The van der Waals surface area contributed by atoms with E-state index in [-0.39, 0.29) is 11.8 Å². The first kappa shape index (κ1) is 16.6. The van der Waals surface area contributed by atoms with E-state index in [2.05, 4.69) is 15.5 Å². The number of benzene rings is 2. The van der Waals surface area contributed by atoms with E-state index in [1.54, 1.807) is 18.6 Å². The SMILES string of the molecule is CC(Cn1cnc2ccccc21)C(=O)NN=CC=Cc1ccccc1. The molecule has 1 unspecified atom stereocenters. The summed E-state index contributed by atoms with van der Waals surface area (Å²) in [6, 6.07) is 17.8. The molecule has 2 aromatic carbocycles. The number of hydrogen-bond donors (Lipinski definition) is 1. The van der Waals surface area contributed by atoms with Gasteiger partial charge in [0.25, 0.3) is 0 Å². The molecule has 0 bridgehead atoms.